The van der Waals surface area contributed by atoms with Crippen LogP contribution in [0.4, 0.5) is 5.69 Å². The molecule has 1 amide bonds. The van der Waals surface area contributed by atoms with Crippen molar-refractivity contribution in [3.8, 4) is 0 Å². The Morgan fingerprint density at radius 3 is 2.56 bits per heavy atom. The highest BCUT2D eigenvalue weighted by Crippen LogP contribution is 2.12. The number of furan rings is 1. The van der Waals surface area contributed by atoms with Gasteiger partial charge in [0.25, 0.3) is 0 Å². The van der Waals surface area contributed by atoms with E-state index in [1.807, 2.05) is 43.3 Å². The minimum Gasteiger partial charge on any atom is -0.462 e. The van der Waals surface area contributed by atoms with Crippen molar-refractivity contribution in [3.63, 3.8) is 0 Å². The average Bonchev–Trinajstić information content (AvgIpc) is 2.76. The lowest BCUT2D eigenvalue weighted by Gasteiger charge is -2.01. The largest absolute Gasteiger partial charge is 0.462 e. The van der Waals surface area contributed by atoms with Gasteiger partial charge in [-0.15, -0.1) is 0 Å². The molecule has 0 unspecified atom stereocenters. The van der Waals surface area contributed by atoms with Crippen LogP contribution in [0.15, 0.2) is 46.9 Å². The maximum Gasteiger partial charge on any atom is 0.248 e. The average molecular weight is 353 g/mol. The second-order valence-electron chi connectivity index (χ2n) is 3.78. The third-order valence-corrected chi connectivity index (χ3v) is 2.99. The number of hydrogen-bond acceptors (Lipinski definition) is 2. The van der Waals surface area contributed by atoms with Crippen molar-refractivity contribution in [1.82, 2.24) is 0 Å². The summed E-state index contributed by atoms with van der Waals surface area (Å²) < 4.78 is 6.46. The molecule has 0 aliphatic heterocycles. The van der Waals surface area contributed by atoms with E-state index in [9.17, 15) is 4.79 Å². The molecule has 92 valence electrons. The Hall–Kier alpha value is -1.56. The Bertz CT molecular complexity index is 570. The highest BCUT2D eigenvalue weighted by atomic mass is 127. The molecule has 2 aromatic rings. The van der Waals surface area contributed by atoms with Crippen molar-refractivity contribution in [1.29, 1.82) is 0 Å². The van der Waals surface area contributed by atoms with Crippen LogP contribution >= 0.6 is 22.6 Å². The fraction of sp³-hybridized carbons (Fsp3) is 0.0714. The number of aryl methyl sites for hydroxylation is 1. The summed E-state index contributed by atoms with van der Waals surface area (Å²) in [5.74, 6) is 1.32. The molecule has 1 aromatic carbocycles. The predicted octanol–water partition coefficient (Wildman–Crippen LogP) is 3.84. The lowest BCUT2D eigenvalue weighted by atomic mass is 10.3. The fourth-order valence-corrected chi connectivity index (χ4v) is 1.78. The molecule has 0 saturated carbocycles. The van der Waals surface area contributed by atoms with Crippen LogP contribution in [0.5, 0.6) is 0 Å². The van der Waals surface area contributed by atoms with Gasteiger partial charge in [0.1, 0.15) is 11.5 Å². The Morgan fingerprint density at radius 2 is 1.94 bits per heavy atom. The first-order valence-corrected chi connectivity index (χ1v) is 6.52. The lowest BCUT2D eigenvalue weighted by Crippen LogP contribution is -2.07. The van der Waals surface area contributed by atoms with Gasteiger partial charge in [-0.05, 0) is 72.0 Å². The number of carbonyl (C=O) groups excluding carboxylic acids is 1. The van der Waals surface area contributed by atoms with Crippen LogP contribution in [0.1, 0.15) is 11.5 Å². The zero-order chi connectivity index (χ0) is 13.0. The number of halogens is 1. The Labute approximate surface area is 119 Å². The highest BCUT2D eigenvalue weighted by Gasteiger charge is 1.98. The summed E-state index contributed by atoms with van der Waals surface area (Å²) >= 11 is 2.22. The zero-order valence-electron chi connectivity index (χ0n) is 9.81. The smallest absolute Gasteiger partial charge is 0.248 e. The van der Waals surface area contributed by atoms with Crippen LogP contribution in [-0.4, -0.2) is 5.91 Å². The zero-order valence-corrected chi connectivity index (χ0v) is 12.0. The number of benzene rings is 1. The van der Waals surface area contributed by atoms with E-state index in [2.05, 4.69) is 27.9 Å². The number of hydrogen-bond donors (Lipinski definition) is 1. The molecule has 0 saturated heterocycles. The standard InChI is InChI=1S/C14H12INO2/c1-10-2-7-13(18-10)8-9-14(17)16-12-5-3-11(15)4-6-12/h2-9H,1H3,(H,16,17). The number of anilines is 1. The SMILES string of the molecule is Cc1ccc(C=CC(=O)Nc2ccc(I)cc2)o1. The Morgan fingerprint density at radius 1 is 1.22 bits per heavy atom. The summed E-state index contributed by atoms with van der Waals surface area (Å²) in [6, 6.07) is 11.3. The van der Waals surface area contributed by atoms with E-state index < -0.39 is 0 Å². The van der Waals surface area contributed by atoms with Crippen molar-refractivity contribution in [3.05, 3.63) is 57.6 Å². The number of amides is 1. The van der Waals surface area contributed by atoms with Gasteiger partial charge in [-0.2, -0.15) is 0 Å². The molecular weight excluding hydrogens is 341 g/mol. The maximum absolute atomic E-state index is 11.6. The van der Waals surface area contributed by atoms with E-state index in [0.29, 0.717) is 5.76 Å². The number of nitrogens with one attached hydrogen (secondary N) is 1. The van der Waals surface area contributed by atoms with Gasteiger partial charge >= 0.3 is 0 Å². The van der Waals surface area contributed by atoms with Gasteiger partial charge in [0.05, 0.1) is 0 Å². The van der Waals surface area contributed by atoms with E-state index >= 15 is 0 Å². The molecule has 2 rings (SSSR count). The van der Waals surface area contributed by atoms with Crippen LogP contribution in [0.2, 0.25) is 0 Å². The first kappa shape index (κ1) is 12.9. The molecule has 0 bridgehead atoms. The van der Waals surface area contributed by atoms with Crippen LogP contribution in [-0.2, 0) is 4.79 Å². The molecule has 3 nitrogen and oxygen atoms in total. The molecule has 0 aliphatic rings. The molecule has 1 N–H and O–H groups in total. The second-order valence-corrected chi connectivity index (χ2v) is 5.02. The normalized spacial score (nSPS) is 10.8. The Kier molecular flexibility index (Phi) is 4.19. The molecule has 0 aliphatic carbocycles. The van der Waals surface area contributed by atoms with Crippen LogP contribution < -0.4 is 5.32 Å². The minimum atomic E-state index is -0.176. The topological polar surface area (TPSA) is 42.2 Å². The van der Waals surface area contributed by atoms with Crippen LogP contribution in [0, 0.1) is 10.5 Å². The van der Waals surface area contributed by atoms with E-state index in [-0.39, 0.29) is 5.91 Å². The van der Waals surface area contributed by atoms with Crippen molar-refractivity contribution in [2.45, 2.75) is 6.92 Å². The van der Waals surface area contributed by atoms with Gasteiger partial charge in [-0.3, -0.25) is 4.79 Å². The summed E-state index contributed by atoms with van der Waals surface area (Å²) in [6.45, 7) is 1.86. The van der Waals surface area contributed by atoms with Crippen molar-refractivity contribution < 1.29 is 9.21 Å². The summed E-state index contributed by atoms with van der Waals surface area (Å²) in [5.41, 5.74) is 0.778. The molecule has 0 radical (unpaired) electrons. The van der Waals surface area contributed by atoms with Gasteiger partial charge < -0.3 is 9.73 Å². The summed E-state index contributed by atoms with van der Waals surface area (Å²) in [7, 11) is 0. The van der Waals surface area contributed by atoms with Gasteiger partial charge in [0, 0.05) is 15.3 Å². The molecule has 0 atom stereocenters. The number of rotatable bonds is 3. The molecular formula is C14H12INO2. The monoisotopic (exact) mass is 353 g/mol. The van der Waals surface area contributed by atoms with Gasteiger partial charge in [-0.1, -0.05) is 0 Å². The van der Waals surface area contributed by atoms with Gasteiger partial charge in [0.2, 0.25) is 5.91 Å². The molecule has 1 aromatic heterocycles. The van der Waals surface area contributed by atoms with E-state index in [1.54, 1.807) is 6.08 Å². The van der Waals surface area contributed by atoms with Crippen molar-refractivity contribution in [2.75, 3.05) is 5.32 Å². The third kappa shape index (κ3) is 3.73. The van der Waals surface area contributed by atoms with Crippen molar-refractivity contribution >= 4 is 40.3 Å². The van der Waals surface area contributed by atoms with E-state index in [4.69, 9.17) is 4.42 Å². The summed E-state index contributed by atoms with van der Waals surface area (Å²) in [4.78, 5) is 11.6. The molecule has 0 spiro atoms. The summed E-state index contributed by atoms with van der Waals surface area (Å²) in [5, 5.41) is 2.78. The van der Waals surface area contributed by atoms with E-state index in [0.717, 1.165) is 15.0 Å². The lowest BCUT2D eigenvalue weighted by molar-refractivity contribution is -0.111. The van der Waals surface area contributed by atoms with Crippen LogP contribution in [0.25, 0.3) is 6.08 Å². The minimum absolute atomic E-state index is 0.176. The van der Waals surface area contributed by atoms with Crippen LogP contribution in [0.3, 0.4) is 0 Å². The third-order valence-electron chi connectivity index (χ3n) is 2.27. The molecule has 18 heavy (non-hydrogen) atoms. The first-order chi connectivity index (χ1) is 8.63. The first-order valence-electron chi connectivity index (χ1n) is 5.44. The van der Waals surface area contributed by atoms with Gasteiger partial charge in [-0.25, -0.2) is 0 Å². The van der Waals surface area contributed by atoms with E-state index in [1.165, 1.54) is 6.08 Å². The van der Waals surface area contributed by atoms with Crippen molar-refractivity contribution in [2.24, 2.45) is 0 Å². The number of carbonyl (C=O) groups is 1. The summed E-state index contributed by atoms with van der Waals surface area (Å²) in [6.07, 6.45) is 3.10. The second kappa shape index (κ2) is 5.86. The molecule has 1 heterocycles. The fourth-order valence-electron chi connectivity index (χ4n) is 1.42. The molecule has 4 heteroatoms. The highest BCUT2D eigenvalue weighted by molar-refractivity contribution is 14.1. The quantitative estimate of drug-likeness (QED) is 0.673. The predicted molar refractivity (Wildman–Crippen MR) is 80.3 cm³/mol. The molecule has 0 fully saturated rings. The van der Waals surface area contributed by atoms with Gasteiger partial charge in [0.15, 0.2) is 0 Å². The Balaban J connectivity index is 1.96. The maximum atomic E-state index is 11.6.